The molecule has 0 aliphatic carbocycles. The van der Waals surface area contributed by atoms with Crippen LogP contribution in [0.3, 0.4) is 0 Å². The number of carbonyl (C=O) groups is 3. The molecule has 0 unspecified atom stereocenters. The van der Waals surface area contributed by atoms with Crippen LogP contribution in [-0.2, 0) is 19.4 Å². The number of nitrogens with one attached hydrogen (secondary N) is 1. The van der Waals surface area contributed by atoms with E-state index in [1.165, 1.54) is 46.4 Å². The van der Waals surface area contributed by atoms with Crippen molar-refractivity contribution >= 4 is 27.6 Å². The third kappa shape index (κ3) is 5.99. The molecule has 1 fully saturated rings. The summed E-state index contributed by atoms with van der Waals surface area (Å²) in [5.74, 6) is -3.87. The molecule has 1 aliphatic rings. The molecule has 200 valence electrons. The molecule has 3 amide bonds. The van der Waals surface area contributed by atoms with Gasteiger partial charge < -0.3 is 24.3 Å². The van der Waals surface area contributed by atoms with Gasteiger partial charge in [-0.05, 0) is 48.5 Å². The van der Waals surface area contributed by atoms with E-state index in [0.717, 1.165) is 24.3 Å². The molecular weight excluding hydrogens is 524 g/mol. The van der Waals surface area contributed by atoms with Gasteiger partial charge in [-0.1, -0.05) is 12.1 Å². The normalized spacial score (nSPS) is 14.6. The largest absolute Gasteiger partial charge is 0.481 e. The second-order valence-electron chi connectivity index (χ2n) is 8.25. The molecule has 0 saturated carbocycles. The summed E-state index contributed by atoms with van der Waals surface area (Å²) in [4.78, 5) is 40.7. The molecule has 38 heavy (non-hydrogen) atoms. The van der Waals surface area contributed by atoms with Gasteiger partial charge in [0.15, 0.2) is 23.9 Å². The Labute approximate surface area is 216 Å². The van der Waals surface area contributed by atoms with E-state index in [9.17, 15) is 31.6 Å². The number of benzene rings is 2. The molecule has 4 rings (SSSR count). The maximum atomic E-state index is 13.7. The maximum absolute atomic E-state index is 13.7. The van der Waals surface area contributed by atoms with E-state index >= 15 is 0 Å². The fraction of sp³-hybridized carbons (Fsp3) is 0.240. The number of hydrogen-bond acceptors (Lipinski definition) is 7. The molecule has 0 spiro atoms. The Morgan fingerprint density at radius 3 is 2.21 bits per heavy atom. The summed E-state index contributed by atoms with van der Waals surface area (Å²) in [5, 5.41) is 0.176. The Morgan fingerprint density at radius 1 is 0.921 bits per heavy atom. The van der Waals surface area contributed by atoms with E-state index < -0.39 is 51.2 Å². The highest BCUT2D eigenvalue weighted by molar-refractivity contribution is 7.92. The molecule has 10 nitrogen and oxygen atoms in total. The minimum atomic E-state index is -4.49. The number of rotatable bonds is 8. The molecule has 3 aromatic rings. The molecule has 2 aromatic carbocycles. The molecule has 1 aromatic heterocycles. The van der Waals surface area contributed by atoms with E-state index in [1.807, 2.05) is 0 Å². The van der Waals surface area contributed by atoms with Crippen molar-refractivity contribution in [3.63, 3.8) is 0 Å². The zero-order chi connectivity index (χ0) is 27.3. The monoisotopic (exact) mass is 547 g/mol. The number of halogens is 2. The first-order valence-electron chi connectivity index (χ1n) is 11.4. The first kappa shape index (κ1) is 26.8. The number of amides is 3. The van der Waals surface area contributed by atoms with Crippen molar-refractivity contribution in [1.29, 1.82) is 0 Å². The van der Waals surface area contributed by atoms with Crippen LogP contribution in [0, 0.1) is 11.6 Å². The Hall–Kier alpha value is -4.26. The van der Waals surface area contributed by atoms with Gasteiger partial charge in [-0.3, -0.25) is 14.4 Å². The van der Waals surface area contributed by atoms with Crippen LogP contribution in [0.4, 0.5) is 8.78 Å². The van der Waals surface area contributed by atoms with Crippen LogP contribution in [0.5, 0.6) is 5.75 Å². The molecule has 0 radical (unpaired) electrons. The standard InChI is InChI=1S/C25H23F2N3O7S/c26-17-7-9-18(10-8-17)38(34,35)24(28-23(32)21-6-3-15-36-21)25(33)30-13-11-29(12-14-30)22(31)16-37-20-5-2-1-4-19(20)27/h1-10,15,24H,11-14,16H2,(H,28,32)/t24-/m1/s1. The van der Waals surface area contributed by atoms with E-state index in [0.29, 0.717) is 0 Å². The van der Waals surface area contributed by atoms with Crippen LogP contribution in [-0.4, -0.2) is 74.1 Å². The second kappa shape index (κ2) is 11.4. The van der Waals surface area contributed by atoms with Crippen molar-refractivity contribution in [2.24, 2.45) is 0 Å². The zero-order valence-electron chi connectivity index (χ0n) is 19.9. The average molecular weight is 548 g/mol. The maximum Gasteiger partial charge on any atom is 0.288 e. The Bertz CT molecular complexity index is 1400. The lowest BCUT2D eigenvalue weighted by molar-refractivity contribution is -0.140. The van der Waals surface area contributed by atoms with Crippen LogP contribution in [0.25, 0.3) is 0 Å². The van der Waals surface area contributed by atoms with Crippen LogP contribution in [0.15, 0.2) is 76.2 Å². The number of carbonyl (C=O) groups excluding carboxylic acids is 3. The third-order valence-corrected chi connectivity index (χ3v) is 7.69. The van der Waals surface area contributed by atoms with E-state index in [-0.39, 0.29) is 42.6 Å². The molecule has 1 atom stereocenters. The quantitative estimate of drug-likeness (QED) is 0.427. The van der Waals surface area contributed by atoms with Crippen LogP contribution >= 0.6 is 0 Å². The molecule has 2 heterocycles. The smallest absolute Gasteiger partial charge is 0.288 e. The van der Waals surface area contributed by atoms with Gasteiger partial charge in [0.25, 0.3) is 17.7 Å². The predicted molar refractivity (Wildman–Crippen MR) is 129 cm³/mol. The van der Waals surface area contributed by atoms with Crippen LogP contribution in [0.1, 0.15) is 10.6 Å². The summed E-state index contributed by atoms with van der Waals surface area (Å²) in [5.41, 5.74) is 0. The first-order valence-corrected chi connectivity index (χ1v) is 13.0. The number of hydrogen-bond donors (Lipinski definition) is 1. The molecule has 0 bridgehead atoms. The molecule has 1 N–H and O–H groups in total. The summed E-state index contributed by atoms with van der Waals surface area (Å²) >= 11 is 0. The third-order valence-electron chi connectivity index (χ3n) is 5.82. The van der Waals surface area contributed by atoms with E-state index in [1.54, 1.807) is 6.07 Å². The van der Waals surface area contributed by atoms with E-state index in [4.69, 9.17) is 9.15 Å². The highest BCUT2D eigenvalue weighted by atomic mass is 32.2. The van der Waals surface area contributed by atoms with Gasteiger partial charge in [-0.2, -0.15) is 0 Å². The minimum absolute atomic E-state index is 0.0314. The molecule has 1 saturated heterocycles. The Balaban J connectivity index is 1.45. The van der Waals surface area contributed by atoms with Crippen molar-refractivity contribution in [2.45, 2.75) is 10.3 Å². The molecular formula is C25H23F2N3O7S. The van der Waals surface area contributed by atoms with Gasteiger partial charge in [0.05, 0.1) is 11.2 Å². The zero-order valence-corrected chi connectivity index (χ0v) is 20.7. The van der Waals surface area contributed by atoms with Gasteiger partial charge in [0, 0.05) is 26.2 Å². The number of piperazine rings is 1. The van der Waals surface area contributed by atoms with Crippen molar-refractivity contribution in [1.82, 2.24) is 15.1 Å². The fourth-order valence-corrected chi connectivity index (χ4v) is 5.23. The average Bonchev–Trinajstić information content (AvgIpc) is 3.46. The minimum Gasteiger partial charge on any atom is -0.481 e. The Morgan fingerprint density at radius 2 is 1.58 bits per heavy atom. The van der Waals surface area contributed by atoms with Crippen LogP contribution < -0.4 is 10.1 Å². The highest BCUT2D eigenvalue weighted by Gasteiger charge is 2.40. The number of nitrogens with zero attached hydrogens (tertiary/aromatic N) is 2. The van der Waals surface area contributed by atoms with Crippen LogP contribution in [0.2, 0.25) is 0 Å². The SMILES string of the molecule is O=C(N[C@@H](C(=O)N1CCN(C(=O)COc2ccccc2F)CC1)S(=O)(=O)c1ccc(F)cc1)c1ccco1. The summed E-state index contributed by atoms with van der Waals surface area (Å²) < 4.78 is 64.0. The summed E-state index contributed by atoms with van der Waals surface area (Å²) in [6, 6.07) is 12.2. The summed E-state index contributed by atoms with van der Waals surface area (Å²) in [7, 11) is -4.49. The lowest BCUT2D eigenvalue weighted by Gasteiger charge is -2.36. The van der Waals surface area contributed by atoms with Gasteiger partial charge in [-0.15, -0.1) is 0 Å². The van der Waals surface area contributed by atoms with Gasteiger partial charge in [0.2, 0.25) is 15.2 Å². The number of ether oxygens (including phenoxy) is 1. The lowest BCUT2D eigenvalue weighted by atomic mass is 10.3. The topological polar surface area (TPSA) is 126 Å². The van der Waals surface area contributed by atoms with E-state index in [2.05, 4.69) is 5.32 Å². The molecule has 13 heteroatoms. The highest BCUT2D eigenvalue weighted by Crippen LogP contribution is 2.19. The Kier molecular flexibility index (Phi) is 8.05. The van der Waals surface area contributed by atoms with Gasteiger partial charge in [0.1, 0.15) is 5.82 Å². The number of furan rings is 1. The first-order chi connectivity index (χ1) is 18.2. The van der Waals surface area contributed by atoms with Gasteiger partial charge in [-0.25, -0.2) is 17.2 Å². The number of sulfone groups is 1. The van der Waals surface area contributed by atoms with Gasteiger partial charge >= 0.3 is 0 Å². The predicted octanol–water partition coefficient (Wildman–Crippen LogP) is 1.84. The summed E-state index contributed by atoms with van der Waals surface area (Å²) in [6.07, 6.45) is 1.21. The van der Waals surface area contributed by atoms with Crippen molar-refractivity contribution in [2.75, 3.05) is 32.8 Å². The number of para-hydroxylation sites is 1. The fourth-order valence-electron chi connectivity index (χ4n) is 3.76. The summed E-state index contributed by atoms with van der Waals surface area (Å²) in [6.45, 7) is -0.371. The lowest BCUT2D eigenvalue weighted by Crippen LogP contribution is -2.58. The van der Waals surface area contributed by atoms with Crippen molar-refractivity contribution < 1.29 is 40.7 Å². The van der Waals surface area contributed by atoms with Crippen molar-refractivity contribution in [3.8, 4) is 5.75 Å². The second-order valence-corrected chi connectivity index (χ2v) is 10.3. The van der Waals surface area contributed by atoms with Crippen molar-refractivity contribution in [3.05, 3.63) is 84.3 Å². The molecule has 1 aliphatic heterocycles.